The van der Waals surface area contributed by atoms with Crippen LogP contribution in [0.25, 0.3) is 0 Å². The van der Waals surface area contributed by atoms with Crippen LogP contribution in [0, 0.1) is 0 Å². The van der Waals surface area contributed by atoms with E-state index in [-0.39, 0.29) is 17.4 Å². The smallest absolute Gasteiger partial charge is 0.278 e. The second-order valence-corrected chi connectivity index (χ2v) is 3.80. The number of carbonyl (C=O) groups is 1. The van der Waals surface area contributed by atoms with E-state index in [1.165, 1.54) is 12.4 Å². The lowest BCUT2D eigenvalue weighted by Gasteiger charge is -2.07. The molecule has 1 aromatic carbocycles. The molecule has 0 bridgehead atoms. The molecule has 0 saturated heterocycles. The van der Waals surface area contributed by atoms with E-state index in [1.54, 1.807) is 0 Å². The number of nitrogens with one attached hydrogen (secondary N) is 1. The van der Waals surface area contributed by atoms with Crippen LogP contribution < -0.4 is 11.1 Å². The number of hydrogen-bond acceptors (Lipinski definition) is 4. The van der Waals surface area contributed by atoms with Crippen molar-refractivity contribution in [2.24, 2.45) is 0 Å². The highest BCUT2D eigenvalue weighted by molar-refractivity contribution is 6.05. The number of benzene rings is 1. The lowest BCUT2D eigenvalue weighted by molar-refractivity contribution is 0.102. The molecule has 0 aliphatic heterocycles. The number of amides is 1. The van der Waals surface area contributed by atoms with Gasteiger partial charge in [0.15, 0.2) is 11.5 Å². The molecule has 2 aromatic rings. The highest BCUT2D eigenvalue weighted by Gasteiger charge is 2.11. The van der Waals surface area contributed by atoms with Crippen LogP contribution >= 0.6 is 0 Å². The molecule has 92 valence electrons. The van der Waals surface area contributed by atoms with E-state index in [4.69, 9.17) is 5.73 Å². The summed E-state index contributed by atoms with van der Waals surface area (Å²) in [7, 11) is 0. The number of rotatable bonds is 3. The van der Waals surface area contributed by atoms with Crippen LogP contribution in [0.2, 0.25) is 0 Å². The second-order valence-electron chi connectivity index (χ2n) is 3.80. The number of nitrogens with zero attached hydrogens (tertiary/aromatic N) is 2. The number of hydrogen-bond donors (Lipinski definition) is 2. The van der Waals surface area contributed by atoms with Crippen LogP contribution in [0.3, 0.4) is 0 Å². The van der Waals surface area contributed by atoms with E-state index in [0.29, 0.717) is 0 Å². The number of carbonyl (C=O) groups excluding carboxylic acids is 1. The number of anilines is 2. The Hall–Kier alpha value is -2.43. The molecule has 1 amide bonds. The quantitative estimate of drug-likeness (QED) is 0.861. The van der Waals surface area contributed by atoms with Gasteiger partial charge in [-0.1, -0.05) is 19.1 Å². The zero-order chi connectivity index (χ0) is 13.0. The van der Waals surface area contributed by atoms with Crippen LogP contribution in [0.1, 0.15) is 23.0 Å². The summed E-state index contributed by atoms with van der Waals surface area (Å²) in [6.45, 7) is 2.06. The largest absolute Gasteiger partial charge is 0.382 e. The van der Waals surface area contributed by atoms with Gasteiger partial charge in [0, 0.05) is 18.1 Å². The van der Waals surface area contributed by atoms with Gasteiger partial charge in [-0.25, -0.2) is 9.97 Å². The summed E-state index contributed by atoms with van der Waals surface area (Å²) in [5.74, 6) is -0.226. The Morgan fingerprint density at radius 2 is 2.11 bits per heavy atom. The van der Waals surface area contributed by atoms with Gasteiger partial charge < -0.3 is 11.1 Å². The minimum atomic E-state index is -0.353. The molecule has 2 rings (SSSR count). The third-order valence-corrected chi connectivity index (χ3v) is 2.53. The average molecular weight is 242 g/mol. The minimum absolute atomic E-state index is 0.127. The van der Waals surface area contributed by atoms with Crippen LogP contribution in [0.4, 0.5) is 11.5 Å². The van der Waals surface area contributed by atoms with Crippen LogP contribution in [-0.4, -0.2) is 15.9 Å². The van der Waals surface area contributed by atoms with Gasteiger partial charge in [0.05, 0.1) is 0 Å². The third kappa shape index (κ3) is 2.63. The predicted molar refractivity (Wildman–Crippen MR) is 70.2 cm³/mol. The van der Waals surface area contributed by atoms with E-state index in [1.807, 2.05) is 24.3 Å². The Morgan fingerprint density at radius 1 is 1.33 bits per heavy atom. The van der Waals surface area contributed by atoms with Crippen molar-refractivity contribution >= 4 is 17.4 Å². The first kappa shape index (κ1) is 12.0. The third-order valence-electron chi connectivity index (χ3n) is 2.53. The first-order valence-corrected chi connectivity index (χ1v) is 5.67. The zero-order valence-corrected chi connectivity index (χ0v) is 10.1. The maximum Gasteiger partial charge on any atom is 0.278 e. The molecule has 0 aliphatic rings. The van der Waals surface area contributed by atoms with Gasteiger partial charge in [-0.05, 0) is 24.1 Å². The molecule has 0 unspecified atom stereocenters. The van der Waals surface area contributed by atoms with Crippen molar-refractivity contribution in [3.63, 3.8) is 0 Å². The van der Waals surface area contributed by atoms with E-state index in [0.717, 1.165) is 17.7 Å². The standard InChI is InChI=1S/C13H14N4O/c1-2-9-4-3-5-10(8-9)17-13(18)11-12(14)16-7-6-15-11/h3-8H,2H2,1H3,(H2,14,16)(H,17,18). The fourth-order valence-electron chi connectivity index (χ4n) is 1.58. The first-order valence-electron chi connectivity index (χ1n) is 5.67. The Balaban J connectivity index is 2.19. The molecule has 1 heterocycles. The van der Waals surface area contributed by atoms with Gasteiger partial charge in [0.25, 0.3) is 5.91 Å². The van der Waals surface area contributed by atoms with Crippen molar-refractivity contribution in [1.29, 1.82) is 0 Å². The molecule has 3 N–H and O–H groups in total. The molecule has 5 nitrogen and oxygen atoms in total. The Morgan fingerprint density at radius 3 is 2.83 bits per heavy atom. The summed E-state index contributed by atoms with van der Waals surface area (Å²) in [6, 6.07) is 7.65. The maximum atomic E-state index is 11.9. The van der Waals surface area contributed by atoms with E-state index >= 15 is 0 Å². The molecular weight excluding hydrogens is 228 g/mol. The van der Waals surface area contributed by atoms with Gasteiger partial charge in [-0.15, -0.1) is 0 Å². The van der Waals surface area contributed by atoms with Crippen molar-refractivity contribution in [1.82, 2.24) is 9.97 Å². The second kappa shape index (κ2) is 5.27. The minimum Gasteiger partial charge on any atom is -0.382 e. The van der Waals surface area contributed by atoms with Gasteiger partial charge in [0.1, 0.15) is 0 Å². The average Bonchev–Trinajstić information content (AvgIpc) is 2.39. The zero-order valence-electron chi connectivity index (χ0n) is 10.1. The highest BCUT2D eigenvalue weighted by atomic mass is 16.1. The summed E-state index contributed by atoms with van der Waals surface area (Å²) in [5.41, 5.74) is 7.61. The summed E-state index contributed by atoms with van der Waals surface area (Å²) >= 11 is 0. The monoisotopic (exact) mass is 242 g/mol. The molecule has 0 radical (unpaired) electrons. The topological polar surface area (TPSA) is 80.9 Å². The molecule has 5 heteroatoms. The molecule has 0 aliphatic carbocycles. The number of nitrogen functional groups attached to an aromatic ring is 1. The Kier molecular flexibility index (Phi) is 3.52. The van der Waals surface area contributed by atoms with E-state index in [9.17, 15) is 4.79 Å². The van der Waals surface area contributed by atoms with Crippen molar-refractivity contribution in [3.8, 4) is 0 Å². The van der Waals surface area contributed by atoms with Crippen LogP contribution in [0.15, 0.2) is 36.7 Å². The SMILES string of the molecule is CCc1cccc(NC(=O)c2nccnc2N)c1. The Bertz CT molecular complexity index is 568. The summed E-state index contributed by atoms with van der Waals surface area (Å²) in [4.78, 5) is 19.7. The lowest BCUT2D eigenvalue weighted by Crippen LogP contribution is -2.16. The molecule has 0 atom stereocenters. The van der Waals surface area contributed by atoms with Gasteiger partial charge in [0.2, 0.25) is 0 Å². The van der Waals surface area contributed by atoms with E-state index < -0.39 is 0 Å². The molecular formula is C13H14N4O. The van der Waals surface area contributed by atoms with Crippen LogP contribution in [-0.2, 0) is 6.42 Å². The van der Waals surface area contributed by atoms with Crippen molar-refractivity contribution < 1.29 is 4.79 Å². The number of aryl methyl sites for hydroxylation is 1. The molecule has 0 fully saturated rings. The molecule has 1 aromatic heterocycles. The first-order chi connectivity index (χ1) is 8.70. The summed E-state index contributed by atoms with van der Waals surface area (Å²) < 4.78 is 0. The molecule has 18 heavy (non-hydrogen) atoms. The van der Waals surface area contributed by atoms with Gasteiger partial charge >= 0.3 is 0 Å². The van der Waals surface area contributed by atoms with E-state index in [2.05, 4.69) is 22.2 Å². The Labute approximate surface area is 105 Å². The fourth-order valence-corrected chi connectivity index (χ4v) is 1.58. The lowest BCUT2D eigenvalue weighted by atomic mass is 10.1. The van der Waals surface area contributed by atoms with Crippen molar-refractivity contribution in [3.05, 3.63) is 47.9 Å². The van der Waals surface area contributed by atoms with Gasteiger partial charge in [-0.3, -0.25) is 4.79 Å². The van der Waals surface area contributed by atoms with Gasteiger partial charge in [-0.2, -0.15) is 0 Å². The number of aromatic nitrogens is 2. The summed E-state index contributed by atoms with van der Waals surface area (Å²) in [6.07, 6.45) is 3.80. The fraction of sp³-hybridized carbons (Fsp3) is 0.154. The predicted octanol–water partition coefficient (Wildman–Crippen LogP) is 1.87. The highest BCUT2D eigenvalue weighted by Crippen LogP contribution is 2.13. The summed E-state index contributed by atoms with van der Waals surface area (Å²) in [5, 5.41) is 2.75. The normalized spacial score (nSPS) is 10.1. The number of nitrogens with two attached hydrogens (primary N) is 1. The molecule has 0 saturated carbocycles. The van der Waals surface area contributed by atoms with Crippen molar-refractivity contribution in [2.45, 2.75) is 13.3 Å². The maximum absolute atomic E-state index is 11.9. The van der Waals surface area contributed by atoms with Crippen molar-refractivity contribution in [2.75, 3.05) is 11.1 Å². The van der Waals surface area contributed by atoms with Crippen LogP contribution in [0.5, 0.6) is 0 Å². The molecule has 0 spiro atoms.